The zero-order valence-electron chi connectivity index (χ0n) is 13.5. The number of hydrogen-bond acceptors (Lipinski definition) is 5. The van der Waals surface area contributed by atoms with Crippen molar-refractivity contribution in [3.05, 3.63) is 35.5 Å². The lowest BCUT2D eigenvalue weighted by Crippen LogP contribution is -2.35. The molecule has 1 aliphatic rings. The number of para-hydroxylation sites is 1. The molecule has 116 valence electrons. The third-order valence-corrected chi connectivity index (χ3v) is 4.22. The second-order valence-corrected chi connectivity index (χ2v) is 6.23. The SMILES string of the molecule is Cc1cccc(C)c1Nc1cnnc(N2CCCC(C)C2)n1. The van der Waals surface area contributed by atoms with Gasteiger partial charge in [0.15, 0.2) is 5.82 Å². The number of nitrogens with one attached hydrogen (secondary N) is 1. The van der Waals surface area contributed by atoms with E-state index in [1.54, 1.807) is 6.20 Å². The third kappa shape index (κ3) is 3.18. The molecule has 1 aromatic carbocycles. The van der Waals surface area contributed by atoms with Crippen molar-refractivity contribution >= 4 is 17.5 Å². The summed E-state index contributed by atoms with van der Waals surface area (Å²) in [6.07, 6.45) is 4.16. The predicted molar refractivity (Wildman–Crippen MR) is 89.6 cm³/mol. The Morgan fingerprint density at radius 2 is 2.00 bits per heavy atom. The first-order chi connectivity index (χ1) is 10.6. The minimum atomic E-state index is 0.688. The van der Waals surface area contributed by atoms with Crippen LogP contribution in [0.3, 0.4) is 0 Å². The first kappa shape index (κ1) is 14.8. The van der Waals surface area contributed by atoms with Crippen molar-refractivity contribution < 1.29 is 0 Å². The van der Waals surface area contributed by atoms with E-state index < -0.39 is 0 Å². The minimum Gasteiger partial charge on any atom is -0.339 e. The van der Waals surface area contributed by atoms with Gasteiger partial charge in [-0.15, -0.1) is 5.10 Å². The highest BCUT2D eigenvalue weighted by atomic mass is 15.3. The Hall–Kier alpha value is -2.17. The van der Waals surface area contributed by atoms with Gasteiger partial charge < -0.3 is 10.2 Å². The van der Waals surface area contributed by atoms with Crippen LogP contribution in [0.15, 0.2) is 24.4 Å². The lowest BCUT2D eigenvalue weighted by molar-refractivity contribution is 0.441. The topological polar surface area (TPSA) is 53.9 Å². The predicted octanol–water partition coefficient (Wildman–Crippen LogP) is 3.47. The summed E-state index contributed by atoms with van der Waals surface area (Å²) in [5.74, 6) is 2.16. The molecule has 2 aromatic rings. The highest BCUT2D eigenvalue weighted by molar-refractivity contribution is 5.64. The molecule has 1 fully saturated rings. The van der Waals surface area contributed by atoms with Gasteiger partial charge in [-0.05, 0) is 43.7 Å². The molecule has 3 rings (SSSR count). The van der Waals surface area contributed by atoms with E-state index in [1.165, 1.54) is 24.0 Å². The molecule has 1 aromatic heterocycles. The van der Waals surface area contributed by atoms with Crippen LogP contribution in [-0.2, 0) is 0 Å². The molecule has 1 saturated heterocycles. The van der Waals surface area contributed by atoms with Crippen molar-refractivity contribution in [1.29, 1.82) is 0 Å². The zero-order valence-corrected chi connectivity index (χ0v) is 13.5. The van der Waals surface area contributed by atoms with Crippen LogP contribution in [0.5, 0.6) is 0 Å². The van der Waals surface area contributed by atoms with Crippen LogP contribution in [0, 0.1) is 19.8 Å². The van der Waals surface area contributed by atoms with Crippen LogP contribution in [0.25, 0.3) is 0 Å². The molecule has 0 radical (unpaired) electrons. The van der Waals surface area contributed by atoms with Crippen LogP contribution < -0.4 is 10.2 Å². The van der Waals surface area contributed by atoms with Crippen LogP contribution in [0.4, 0.5) is 17.5 Å². The van der Waals surface area contributed by atoms with Gasteiger partial charge >= 0.3 is 0 Å². The van der Waals surface area contributed by atoms with Crippen molar-refractivity contribution in [2.75, 3.05) is 23.3 Å². The van der Waals surface area contributed by atoms with Gasteiger partial charge in [-0.2, -0.15) is 10.1 Å². The molecule has 0 saturated carbocycles. The summed E-state index contributed by atoms with van der Waals surface area (Å²) in [6, 6.07) is 6.25. The molecule has 1 aliphatic heterocycles. The number of aromatic nitrogens is 3. The van der Waals surface area contributed by atoms with Gasteiger partial charge in [0, 0.05) is 18.8 Å². The average Bonchev–Trinajstić information content (AvgIpc) is 2.51. The molecule has 5 nitrogen and oxygen atoms in total. The van der Waals surface area contributed by atoms with Gasteiger partial charge in [-0.3, -0.25) is 0 Å². The van der Waals surface area contributed by atoms with E-state index in [2.05, 4.69) is 64.4 Å². The fourth-order valence-electron chi connectivity index (χ4n) is 3.00. The summed E-state index contributed by atoms with van der Waals surface area (Å²) < 4.78 is 0. The highest BCUT2D eigenvalue weighted by Crippen LogP contribution is 2.24. The molecule has 1 unspecified atom stereocenters. The third-order valence-electron chi connectivity index (χ3n) is 4.22. The summed E-state index contributed by atoms with van der Waals surface area (Å²) in [4.78, 5) is 6.88. The molecule has 22 heavy (non-hydrogen) atoms. The maximum absolute atomic E-state index is 4.65. The first-order valence-electron chi connectivity index (χ1n) is 7.91. The molecule has 5 heteroatoms. The van der Waals surface area contributed by atoms with Crippen LogP contribution in [0.2, 0.25) is 0 Å². The smallest absolute Gasteiger partial charge is 0.247 e. The fourth-order valence-corrected chi connectivity index (χ4v) is 3.00. The van der Waals surface area contributed by atoms with Gasteiger partial charge in [0.05, 0.1) is 6.20 Å². The molecule has 0 amide bonds. The Labute approximate surface area is 131 Å². The van der Waals surface area contributed by atoms with E-state index in [0.29, 0.717) is 5.92 Å². The summed E-state index contributed by atoms with van der Waals surface area (Å²) in [5, 5.41) is 11.7. The van der Waals surface area contributed by atoms with E-state index >= 15 is 0 Å². The van der Waals surface area contributed by atoms with E-state index in [4.69, 9.17) is 0 Å². The monoisotopic (exact) mass is 297 g/mol. The number of rotatable bonds is 3. The maximum atomic E-state index is 4.65. The van der Waals surface area contributed by atoms with Gasteiger partial charge in [0.2, 0.25) is 5.95 Å². The normalized spacial score (nSPS) is 18.3. The number of anilines is 3. The second-order valence-electron chi connectivity index (χ2n) is 6.23. The van der Waals surface area contributed by atoms with E-state index in [9.17, 15) is 0 Å². The van der Waals surface area contributed by atoms with Crippen molar-refractivity contribution in [3.8, 4) is 0 Å². The van der Waals surface area contributed by atoms with Crippen molar-refractivity contribution in [2.24, 2.45) is 5.92 Å². The Balaban J connectivity index is 1.82. The number of nitrogens with zero attached hydrogens (tertiary/aromatic N) is 4. The second kappa shape index (κ2) is 6.30. The lowest BCUT2D eigenvalue weighted by Gasteiger charge is -2.30. The summed E-state index contributed by atoms with van der Waals surface area (Å²) in [7, 11) is 0. The first-order valence-corrected chi connectivity index (χ1v) is 7.91. The Morgan fingerprint density at radius 3 is 2.73 bits per heavy atom. The van der Waals surface area contributed by atoms with Crippen molar-refractivity contribution in [1.82, 2.24) is 15.2 Å². The van der Waals surface area contributed by atoms with E-state index in [-0.39, 0.29) is 0 Å². The van der Waals surface area contributed by atoms with Gasteiger partial charge in [0.1, 0.15) is 0 Å². The van der Waals surface area contributed by atoms with Crippen LogP contribution in [0.1, 0.15) is 30.9 Å². The Morgan fingerprint density at radius 1 is 1.23 bits per heavy atom. The Kier molecular flexibility index (Phi) is 4.22. The summed E-state index contributed by atoms with van der Waals surface area (Å²) in [5.41, 5.74) is 3.50. The molecule has 0 bridgehead atoms. The largest absolute Gasteiger partial charge is 0.339 e. The number of hydrogen-bond donors (Lipinski definition) is 1. The van der Waals surface area contributed by atoms with E-state index in [1.807, 2.05) is 0 Å². The van der Waals surface area contributed by atoms with Crippen LogP contribution in [-0.4, -0.2) is 28.3 Å². The quantitative estimate of drug-likeness (QED) is 0.940. The van der Waals surface area contributed by atoms with Crippen molar-refractivity contribution in [3.63, 3.8) is 0 Å². The standard InChI is InChI=1S/C17H23N5/c1-12-6-5-9-22(11-12)17-20-15(10-18-21-17)19-16-13(2)7-4-8-14(16)3/h4,7-8,10,12H,5-6,9,11H2,1-3H3,(H,19,20,21). The molecular formula is C17H23N5. The van der Waals surface area contributed by atoms with Crippen LogP contribution >= 0.6 is 0 Å². The molecular weight excluding hydrogens is 274 g/mol. The van der Waals surface area contributed by atoms with E-state index in [0.717, 1.165) is 30.5 Å². The molecule has 0 aliphatic carbocycles. The molecule has 0 spiro atoms. The maximum Gasteiger partial charge on any atom is 0.247 e. The average molecular weight is 297 g/mol. The lowest BCUT2D eigenvalue weighted by atomic mass is 10.0. The van der Waals surface area contributed by atoms with Gasteiger partial charge in [0.25, 0.3) is 0 Å². The van der Waals surface area contributed by atoms with Crippen molar-refractivity contribution in [2.45, 2.75) is 33.6 Å². The summed E-state index contributed by atoms with van der Waals surface area (Å²) >= 11 is 0. The molecule has 2 heterocycles. The highest BCUT2D eigenvalue weighted by Gasteiger charge is 2.19. The minimum absolute atomic E-state index is 0.688. The van der Waals surface area contributed by atoms with Gasteiger partial charge in [-0.1, -0.05) is 25.1 Å². The molecule has 1 atom stereocenters. The Bertz CT molecular complexity index is 635. The fraction of sp³-hybridized carbons (Fsp3) is 0.471. The van der Waals surface area contributed by atoms with Gasteiger partial charge in [-0.25, -0.2) is 0 Å². The summed E-state index contributed by atoms with van der Waals surface area (Å²) in [6.45, 7) is 8.49. The number of benzene rings is 1. The zero-order chi connectivity index (χ0) is 15.5. The molecule has 1 N–H and O–H groups in total. The number of piperidine rings is 1. The number of aryl methyl sites for hydroxylation is 2.